The molecule has 0 bridgehead atoms. The van der Waals surface area contributed by atoms with Gasteiger partial charge in [-0.2, -0.15) is 0 Å². The molecule has 0 fully saturated rings. The van der Waals surface area contributed by atoms with Crippen molar-refractivity contribution in [2.24, 2.45) is 5.41 Å². The fraction of sp³-hybridized carbons (Fsp3) is 0.667. The Hall–Kier alpha value is -1.02. The van der Waals surface area contributed by atoms with Crippen LogP contribution in [0.1, 0.15) is 53.5 Å². The summed E-state index contributed by atoms with van der Waals surface area (Å²) in [5.41, 5.74) is 1.72. The third kappa shape index (κ3) is 6.95. The molecule has 1 aromatic rings. The van der Waals surface area contributed by atoms with Crippen molar-refractivity contribution >= 4 is 0 Å². The first kappa shape index (κ1) is 17.0. The third-order valence-electron chi connectivity index (χ3n) is 3.37. The maximum atomic E-state index is 5.67. The minimum Gasteiger partial charge on any atom is -0.491 e. The summed E-state index contributed by atoms with van der Waals surface area (Å²) in [6, 6.07) is 9.08. The van der Waals surface area contributed by atoms with E-state index in [0.29, 0.717) is 11.5 Å². The lowest BCUT2D eigenvalue weighted by molar-refractivity contribution is 0.242. The molecule has 1 aromatic carbocycles. The molecule has 2 nitrogen and oxygen atoms in total. The van der Waals surface area contributed by atoms with Gasteiger partial charge < -0.3 is 10.1 Å². The highest BCUT2D eigenvalue weighted by Gasteiger charge is 2.17. The van der Waals surface area contributed by atoms with Gasteiger partial charge in [-0.1, -0.05) is 39.8 Å². The van der Waals surface area contributed by atoms with Gasteiger partial charge in [0.2, 0.25) is 0 Å². The van der Waals surface area contributed by atoms with Gasteiger partial charge in [0.05, 0.1) is 6.10 Å². The Bertz CT molecular complexity index is 379. The quantitative estimate of drug-likeness (QED) is 0.759. The van der Waals surface area contributed by atoms with E-state index < -0.39 is 0 Å². The topological polar surface area (TPSA) is 21.3 Å². The summed E-state index contributed by atoms with van der Waals surface area (Å²) in [4.78, 5) is 0. The van der Waals surface area contributed by atoms with Gasteiger partial charge in [0, 0.05) is 12.6 Å². The molecule has 0 spiro atoms. The zero-order valence-corrected chi connectivity index (χ0v) is 14.0. The van der Waals surface area contributed by atoms with Crippen molar-refractivity contribution in [2.75, 3.05) is 6.54 Å². The van der Waals surface area contributed by atoms with Crippen LogP contribution in [0.5, 0.6) is 5.75 Å². The third-order valence-corrected chi connectivity index (χ3v) is 3.37. The highest BCUT2D eigenvalue weighted by atomic mass is 16.5. The normalized spacial score (nSPS) is 12.2. The van der Waals surface area contributed by atoms with E-state index in [1.54, 1.807) is 0 Å². The molecule has 0 amide bonds. The Balaban J connectivity index is 2.44. The van der Waals surface area contributed by atoms with Crippen LogP contribution < -0.4 is 10.1 Å². The first-order valence-electron chi connectivity index (χ1n) is 7.77. The maximum absolute atomic E-state index is 5.67. The zero-order valence-electron chi connectivity index (χ0n) is 14.0. The fourth-order valence-corrected chi connectivity index (χ4v) is 2.06. The smallest absolute Gasteiger partial charge is 0.119 e. The highest BCUT2D eigenvalue weighted by Crippen LogP contribution is 2.23. The van der Waals surface area contributed by atoms with E-state index in [0.717, 1.165) is 18.7 Å². The second-order valence-electron chi connectivity index (χ2n) is 7.01. The van der Waals surface area contributed by atoms with E-state index in [-0.39, 0.29) is 6.10 Å². The molecule has 1 rings (SSSR count). The molecule has 0 aromatic heterocycles. The number of hydrogen-bond acceptors (Lipinski definition) is 2. The van der Waals surface area contributed by atoms with E-state index in [1.807, 2.05) is 0 Å². The van der Waals surface area contributed by atoms with E-state index in [1.165, 1.54) is 12.0 Å². The average Bonchev–Trinajstić information content (AvgIpc) is 2.35. The van der Waals surface area contributed by atoms with Crippen LogP contribution >= 0.6 is 0 Å². The van der Waals surface area contributed by atoms with Crippen molar-refractivity contribution < 1.29 is 4.74 Å². The fourth-order valence-electron chi connectivity index (χ4n) is 2.06. The number of benzene rings is 1. The van der Waals surface area contributed by atoms with Gasteiger partial charge in [-0.3, -0.25) is 0 Å². The number of rotatable bonds is 8. The molecule has 0 atom stereocenters. The summed E-state index contributed by atoms with van der Waals surface area (Å²) in [5.74, 6) is 0.962. The van der Waals surface area contributed by atoms with Crippen molar-refractivity contribution in [1.29, 1.82) is 0 Å². The van der Waals surface area contributed by atoms with Crippen LogP contribution in [0.2, 0.25) is 0 Å². The summed E-state index contributed by atoms with van der Waals surface area (Å²) >= 11 is 0. The molecular formula is C18H31NO. The minimum atomic E-state index is 0.238. The predicted molar refractivity (Wildman–Crippen MR) is 87.4 cm³/mol. The molecule has 0 aliphatic carbocycles. The van der Waals surface area contributed by atoms with Crippen LogP contribution in [0.4, 0.5) is 0 Å². The molecule has 0 aliphatic rings. The summed E-state index contributed by atoms with van der Waals surface area (Å²) in [6.45, 7) is 14.2. The first-order chi connectivity index (χ1) is 9.28. The van der Waals surface area contributed by atoms with Gasteiger partial charge in [0.15, 0.2) is 0 Å². The Kier molecular flexibility index (Phi) is 6.54. The van der Waals surface area contributed by atoms with Gasteiger partial charge in [0.25, 0.3) is 0 Å². The zero-order chi connectivity index (χ0) is 15.2. The van der Waals surface area contributed by atoms with Crippen molar-refractivity contribution in [1.82, 2.24) is 5.32 Å². The van der Waals surface area contributed by atoms with Crippen molar-refractivity contribution in [3.8, 4) is 5.75 Å². The number of nitrogens with one attached hydrogen (secondary N) is 1. The lowest BCUT2D eigenvalue weighted by Gasteiger charge is -2.26. The van der Waals surface area contributed by atoms with Crippen LogP contribution in [0, 0.1) is 5.41 Å². The lowest BCUT2D eigenvalue weighted by atomic mass is 9.86. The second-order valence-corrected chi connectivity index (χ2v) is 7.01. The molecule has 0 heterocycles. The van der Waals surface area contributed by atoms with Gasteiger partial charge in [-0.25, -0.2) is 0 Å². The number of hydrogen-bond donors (Lipinski definition) is 1. The number of ether oxygens (including phenoxy) is 1. The Morgan fingerprint density at radius 2 is 1.65 bits per heavy atom. The lowest BCUT2D eigenvalue weighted by Crippen LogP contribution is -2.34. The largest absolute Gasteiger partial charge is 0.491 e. The van der Waals surface area contributed by atoms with Gasteiger partial charge in [-0.05, 0) is 49.8 Å². The molecule has 0 saturated carbocycles. The Labute approximate surface area is 124 Å². The summed E-state index contributed by atoms with van der Waals surface area (Å²) < 4.78 is 5.67. The van der Waals surface area contributed by atoms with E-state index in [2.05, 4.69) is 71.1 Å². The van der Waals surface area contributed by atoms with Gasteiger partial charge in [-0.15, -0.1) is 0 Å². The van der Waals surface area contributed by atoms with Crippen molar-refractivity contribution in [2.45, 2.75) is 66.5 Å². The molecule has 114 valence electrons. The van der Waals surface area contributed by atoms with Crippen LogP contribution in [0.25, 0.3) is 0 Å². The minimum absolute atomic E-state index is 0.238. The standard InChI is InChI=1S/C18H31NO/c1-14(2)19-13-18(5,6)12-11-16-7-9-17(10-8-16)20-15(3)4/h7-10,14-15,19H,11-13H2,1-6H3. The molecule has 0 unspecified atom stereocenters. The predicted octanol–water partition coefficient (Wildman–Crippen LogP) is 4.43. The second kappa shape index (κ2) is 7.68. The molecule has 0 radical (unpaired) electrons. The summed E-state index contributed by atoms with van der Waals surface area (Å²) in [6.07, 6.45) is 2.55. The maximum Gasteiger partial charge on any atom is 0.119 e. The average molecular weight is 277 g/mol. The molecule has 2 heteroatoms. The highest BCUT2D eigenvalue weighted by molar-refractivity contribution is 5.27. The number of aryl methyl sites for hydroxylation is 1. The Morgan fingerprint density at radius 1 is 1.05 bits per heavy atom. The monoisotopic (exact) mass is 277 g/mol. The first-order valence-corrected chi connectivity index (χ1v) is 7.77. The Morgan fingerprint density at radius 3 is 2.15 bits per heavy atom. The van der Waals surface area contributed by atoms with Crippen LogP contribution in [0.15, 0.2) is 24.3 Å². The molecular weight excluding hydrogens is 246 g/mol. The summed E-state index contributed by atoms with van der Waals surface area (Å²) in [7, 11) is 0. The molecule has 20 heavy (non-hydrogen) atoms. The van der Waals surface area contributed by atoms with Crippen molar-refractivity contribution in [3.05, 3.63) is 29.8 Å². The summed E-state index contributed by atoms with van der Waals surface area (Å²) in [5, 5.41) is 3.53. The van der Waals surface area contributed by atoms with Gasteiger partial charge >= 0.3 is 0 Å². The van der Waals surface area contributed by atoms with Crippen molar-refractivity contribution in [3.63, 3.8) is 0 Å². The SMILES string of the molecule is CC(C)NCC(C)(C)CCc1ccc(OC(C)C)cc1. The van der Waals surface area contributed by atoms with E-state index in [4.69, 9.17) is 4.74 Å². The molecule has 1 N–H and O–H groups in total. The van der Waals surface area contributed by atoms with Crippen LogP contribution in [-0.4, -0.2) is 18.7 Å². The van der Waals surface area contributed by atoms with E-state index >= 15 is 0 Å². The van der Waals surface area contributed by atoms with Gasteiger partial charge in [0.1, 0.15) is 5.75 Å². The molecule has 0 aliphatic heterocycles. The van der Waals surface area contributed by atoms with E-state index in [9.17, 15) is 0 Å². The molecule has 0 saturated heterocycles. The van der Waals surface area contributed by atoms with Crippen LogP contribution in [0.3, 0.4) is 0 Å². The van der Waals surface area contributed by atoms with Crippen LogP contribution in [-0.2, 0) is 6.42 Å².